The average molecular weight is 526 g/mol. The van der Waals surface area contributed by atoms with E-state index in [2.05, 4.69) is 21.2 Å². The van der Waals surface area contributed by atoms with Gasteiger partial charge in [0.15, 0.2) is 0 Å². The van der Waals surface area contributed by atoms with Crippen molar-refractivity contribution in [2.75, 3.05) is 4.90 Å². The molecule has 2 amide bonds. The molecule has 2 aromatic carbocycles. The van der Waals surface area contributed by atoms with Crippen LogP contribution in [0.15, 0.2) is 86.4 Å². The number of carbonyl (C=O) groups is 2. The predicted molar refractivity (Wildman–Crippen MR) is 126 cm³/mol. The quantitative estimate of drug-likeness (QED) is 0.364. The molecule has 1 aromatic heterocycles. The summed E-state index contributed by atoms with van der Waals surface area (Å²) < 4.78 is 19.3. The Morgan fingerprint density at radius 3 is 2.55 bits per heavy atom. The van der Waals surface area contributed by atoms with Gasteiger partial charge in [-0.3, -0.25) is 14.5 Å². The highest BCUT2D eigenvalue weighted by Gasteiger charge is 2.40. The first-order chi connectivity index (χ1) is 16.0. The number of nitrogens with zero attached hydrogens (tertiary/aromatic N) is 2. The van der Waals surface area contributed by atoms with E-state index in [1.807, 2.05) is 6.07 Å². The van der Waals surface area contributed by atoms with Crippen LogP contribution in [0.5, 0.6) is 0 Å². The third-order valence-electron chi connectivity index (χ3n) is 4.93. The first-order valence-corrected chi connectivity index (χ1v) is 11.6. The van der Waals surface area contributed by atoms with Crippen LogP contribution in [-0.4, -0.2) is 17.1 Å². The number of benzene rings is 2. The molecule has 0 saturated carbocycles. The number of nitriles is 1. The van der Waals surface area contributed by atoms with Gasteiger partial charge in [0.05, 0.1) is 18.1 Å². The van der Waals surface area contributed by atoms with Crippen LogP contribution in [0.1, 0.15) is 11.3 Å². The van der Waals surface area contributed by atoms with Gasteiger partial charge in [-0.05, 0) is 60.5 Å². The predicted octanol–water partition coefficient (Wildman–Crippen LogP) is 4.92. The van der Waals surface area contributed by atoms with Crippen molar-refractivity contribution in [3.63, 3.8) is 0 Å². The molecule has 1 saturated heterocycles. The highest BCUT2D eigenvalue weighted by atomic mass is 79.9. The SMILES string of the molecule is N#C/C(C(=O)NCc1ccco1)=C1/S[C@H](Cc2ccc(F)cc2)C(=O)N1c1ccc(Br)cc1. The molecule has 0 bridgehead atoms. The van der Waals surface area contributed by atoms with E-state index in [0.717, 1.165) is 21.8 Å². The van der Waals surface area contributed by atoms with E-state index < -0.39 is 11.2 Å². The van der Waals surface area contributed by atoms with Gasteiger partial charge >= 0.3 is 0 Å². The number of carbonyl (C=O) groups excluding carboxylic acids is 2. The third kappa shape index (κ3) is 5.18. The number of furan rings is 1. The van der Waals surface area contributed by atoms with Crippen LogP contribution < -0.4 is 10.2 Å². The Labute approximate surface area is 202 Å². The lowest BCUT2D eigenvalue weighted by Gasteiger charge is -2.18. The molecule has 1 aliphatic rings. The Morgan fingerprint density at radius 1 is 1.18 bits per heavy atom. The van der Waals surface area contributed by atoms with E-state index in [1.54, 1.807) is 48.5 Å². The Kier molecular flexibility index (Phi) is 6.96. The van der Waals surface area contributed by atoms with Crippen LogP contribution in [-0.2, 0) is 22.6 Å². The molecule has 0 radical (unpaired) electrons. The molecule has 1 atom stereocenters. The van der Waals surface area contributed by atoms with E-state index in [4.69, 9.17) is 4.42 Å². The second-order valence-corrected chi connectivity index (χ2v) is 9.25. The Morgan fingerprint density at radius 2 is 1.91 bits per heavy atom. The van der Waals surface area contributed by atoms with Crippen molar-refractivity contribution >= 4 is 45.2 Å². The van der Waals surface area contributed by atoms with E-state index in [-0.39, 0.29) is 28.9 Å². The van der Waals surface area contributed by atoms with Gasteiger partial charge in [-0.15, -0.1) is 0 Å². The maximum absolute atomic E-state index is 13.4. The van der Waals surface area contributed by atoms with E-state index in [9.17, 15) is 19.2 Å². The smallest absolute Gasteiger partial charge is 0.265 e. The van der Waals surface area contributed by atoms with Crippen LogP contribution >= 0.6 is 27.7 Å². The molecular formula is C24H17BrFN3O3S. The maximum Gasteiger partial charge on any atom is 0.265 e. The normalized spacial score (nSPS) is 17.1. The summed E-state index contributed by atoms with van der Waals surface area (Å²) in [6, 6.07) is 18.3. The van der Waals surface area contributed by atoms with Crippen molar-refractivity contribution in [1.29, 1.82) is 5.26 Å². The standard InChI is InChI=1S/C24H17BrFN3O3S/c25-16-5-9-18(10-6-16)29-23(31)21(12-15-3-7-17(26)8-4-15)33-24(29)20(13-27)22(30)28-14-19-2-1-11-32-19/h1-11,21H,12,14H2,(H,28,30)/b24-20-/t21-/m1/s1. The van der Waals surface area contributed by atoms with Crippen molar-refractivity contribution in [2.24, 2.45) is 0 Å². The fraction of sp³-hybridized carbons (Fsp3) is 0.125. The number of halogens is 2. The third-order valence-corrected chi connectivity index (χ3v) is 6.72. The molecule has 0 unspecified atom stereocenters. The largest absolute Gasteiger partial charge is 0.467 e. The highest BCUT2D eigenvalue weighted by molar-refractivity contribution is 9.10. The number of anilines is 1. The van der Waals surface area contributed by atoms with E-state index >= 15 is 0 Å². The van der Waals surface area contributed by atoms with E-state index in [1.165, 1.54) is 23.3 Å². The van der Waals surface area contributed by atoms with Crippen LogP contribution in [0, 0.1) is 17.1 Å². The molecule has 0 aliphatic carbocycles. The summed E-state index contributed by atoms with van der Waals surface area (Å²) in [7, 11) is 0. The number of hydrogen-bond donors (Lipinski definition) is 1. The van der Waals surface area contributed by atoms with Gasteiger partial charge < -0.3 is 9.73 Å². The van der Waals surface area contributed by atoms with Crippen molar-refractivity contribution in [2.45, 2.75) is 18.2 Å². The lowest BCUT2D eigenvalue weighted by molar-refractivity contribution is -0.117. The first kappa shape index (κ1) is 22.8. The van der Waals surface area contributed by atoms with Crippen molar-refractivity contribution in [1.82, 2.24) is 5.32 Å². The molecule has 33 heavy (non-hydrogen) atoms. The number of thioether (sulfide) groups is 1. The summed E-state index contributed by atoms with van der Waals surface area (Å²) in [5.41, 5.74) is 1.16. The molecule has 6 nitrogen and oxygen atoms in total. The molecule has 0 spiro atoms. The molecule has 9 heteroatoms. The Hall–Kier alpha value is -3.35. The summed E-state index contributed by atoms with van der Waals surface area (Å²) in [5, 5.41) is 12.2. The minimum Gasteiger partial charge on any atom is -0.467 e. The highest BCUT2D eigenvalue weighted by Crippen LogP contribution is 2.42. The lowest BCUT2D eigenvalue weighted by atomic mass is 10.1. The summed E-state index contributed by atoms with van der Waals surface area (Å²) in [4.78, 5) is 27.7. The minimum absolute atomic E-state index is 0.111. The van der Waals surface area contributed by atoms with Crippen LogP contribution in [0.2, 0.25) is 0 Å². The summed E-state index contributed by atoms with van der Waals surface area (Å²) in [6.45, 7) is 0.111. The molecule has 4 rings (SSSR count). The minimum atomic E-state index is -0.603. The molecule has 1 aliphatic heterocycles. The molecule has 1 fully saturated rings. The lowest BCUT2D eigenvalue weighted by Crippen LogP contribution is -2.32. The fourth-order valence-corrected chi connectivity index (χ4v) is 4.89. The van der Waals surface area contributed by atoms with Crippen LogP contribution in [0.3, 0.4) is 0 Å². The second kappa shape index (κ2) is 10.1. The van der Waals surface area contributed by atoms with Gasteiger partial charge in [0, 0.05) is 10.2 Å². The van der Waals surface area contributed by atoms with Gasteiger partial charge in [-0.25, -0.2) is 4.39 Å². The Bertz CT molecular complexity index is 1240. The zero-order valence-electron chi connectivity index (χ0n) is 17.1. The van der Waals surface area contributed by atoms with Crippen LogP contribution in [0.4, 0.5) is 10.1 Å². The molecule has 1 N–H and O–H groups in total. The monoisotopic (exact) mass is 525 g/mol. The van der Waals surface area contributed by atoms with E-state index in [0.29, 0.717) is 17.9 Å². The zero-order valence-corrected chi connectivity index (χ0v) is 19.5. The van der Waals surface area contributed by atoms with Crippen molar-refractivity contribution in [3.05, 3.63) is 99.1 Å². The number of nitrogens with one attached hydrogen (secondary N) is 1. The molecule has 3 aromatic rings. The van der Waals surface area contributed by atoms with Crippen LogP contribution in [0.25, 0.3) is 0 Å². The van der Waals surface area contributed by atoms with Gasteiger partial charge in [0.1, 0.15) is 28.2 Å². The summed E-state index contributed by atoms with van der Waals surface area (Å²) >= 11 is 4.53. The van der Waals surface area contributed by atoms with Crippen molar-refractivity contribution in [3.8, 4) is 6.07 Å². The second-order valence-electron chi connectivity index (χ2n) is 7.14. The molecule has 166 valence electrons. The Balaban J connectivity index is 1.67. The van der Waals surface area contributed by atoms with Gasteiger partial charge in [0.2, 0.25) is 5.91 Å². The molecule has 2 heterocycles. The first-order valence-electron chi connectivity index (χ1n) is 9.92. The number of rotatable bonds is 6. The van der Waals surface area contributed by atoms with Crippen molar-refractivity contribution < 1.29 is 18.4 Å². The zero-order chi connectivity index (χ0) is 23.4. The fourth-order valence-electron chi connectivity index (χ4n) is 3.32. The topological polar surface area (TPSA) is 86.3 Å². The molecular weight excluding hydrogens is 509 g/mol. The summed E-state index contributed by atoms with van der Waals surface area (Å²) in [6.07, 6.45) is 1.82. The number of amides is 2. The van der Waals surface area contributed by atoms with Gasteiger partial charge in [0.25, 0.3) is 5.91 Å². The van der Waals surface area contributed by atoms with Gasteiger partial charge in [-0.2, -0.15) is 5.26 Å². The maximum atomic E-state index is 13.4. The van der Waals surface area contributed by atoms with Gasteiger partial charge in [-0.1, -0.05) is 39.8 Å². The summed E-state index contributed by atoms with van der Waals surface area (Å²) in [5.74, 6) is -0.678. The average Bonchev–Trinajstić information content (AvgIpc) is 3.44. The number of hydrogen-bond acceptors (Lipinski definition) is 5.